The minimum absolute atomic E-state index is 0.160. The molecule has 5 aromatic rings. The van der Waals surface area contributed by atoms with Gasteiger partial charge >= 0.3 is 0 Å². The van der Waals surface area contributed by atoms with Crippen LogP contribution in [0.1, 0.15) is 53.8 Å². The number of carbonyl (C=O) groups excluding carboxylic acids is 1. The van der Waals surface area contributed by atoms with Gasteiger partial charge in [-0.2, -0.15) is 0 Å². The number of nitrogens with one attached hydrogen (secondary N) is 3. The molecule has 0 radical (unpaired) electrons. The minimum Gasteiger partial charge on any atom is -0.343 e. The fourth-order valence-corrected chi connectivity index (χ4v) is 7.27. The van der Waals surface area contributed by atoms with E-state index in [-0.39, 0.29) is 5.12 Å². The quantitative estimate of drug-likeness (QED) is 0.195. The Kier molecular flexibility index (Phi) is 6.45. The number of thioether (sulfide) groups is 1. The van der Waals surface area contributed by atoms with Crippen molar-refractivity contribution in [2.24, 2.45) is 0 Å². The van der Waals surface area contributed by atoms with E-state index in [1.807, 2.05) is 12.1 Å². The summed E-state index contributed by atoms with van der Waals surface area (Å²) in [6, 6.07) is 3.82. The van der Waals surface area contributed by atoms with Crippen molar-refractivity contribution in [1.82, 2.24) is 29.9 Å². The Morgan fingerprint density at radius 1 is 0.795 bits per heavy atom. The van der Waals surface area contributed by atoms with Crippen LogP contribution in [0, 0.1) is 0 Å². The smallest absolute Gasteiger partial charge is 0.198 e. The van der Waals surface area contributed by atoms with E-state index in [1.165, 1.54) is 66.3 Å². The highest BCUT2D eigenvalue weighted by atomic mass is 35.5. The topological polar surface area (TPSA) is 112 Å². The molecule has 0 spiro atoms. The van der Waals surface area contributed by atoms with Crippen molar-refractivity contribution in [2.75, 3.05) is 5.32 Å². The van der Waals surface area contributed by atoms with Gasteiger partial charge in [0, 0.05) is 22.7 Å². The molecule has 3 N–H and O–H groups in total. The highest BCUT2D eigenvalue weighted by Crippen LogP contribution is 2.40. The second kappa shape index (κ2) is 10.1. The Labute approximate surface area is 238 Å². The van der Waals surface area contributed by atoms with Crippen LogP contribution in [0.3, 0.4) is 0 Å². The number of nitrogens with zero attached hydrogens (tertiary/aromatic N) is 4. The zero-order valence-corrected chi connectivity index (χ0v) is 23.4. The highest BCUT2D eigenvalue weighted by molar-refractivity contribution is 8.14. The van der Waals surface area contributed by atoms with Crippen LogP contribution in [0.5, 0.6) is 0 Å². The summed E-state index contributed by atoms with van der Waals surface area (Å²) < 4.78 is 0. The van der Waals surface area contributed by atoms with Crippen LogP contribution in [0.25, 0.3) is 22.1 Å². The third kappa shape index (κ3) is 4.56. The fourth-order valence-electron chi connectivity index (χ4n) is 5.88. The van der Waals surface area contributed by atoms with Crippen LogP contribution < -0.4 is 5.32 Å². The number of fused-ring (bicyclic) bond motifs is 7. The van der Waals surface area contributed by atoms with Gasteiger partial charge in [0.1, 0.15) is 34.9 Å². The first-order chi connectivity index (χ1) is 19.0. The van der Waals surface area contributed by atoms with Crippen LogP contribution in [-0.2, 0) is 36.9 Å². The van der Waals surface area contributed by atoms with E-state index in [9.17, 15) is 4.79 Å². The number of anilines is 2. The van der Waals surface area contributed by atoms with Crippen molar-refractivity contribution in [3.63, 3.8) is 0 Å². The molecule has 0 amide bonds. The lowest BCUT2D eigenvalue weighted by Crippen LogP contribution is -2.02. The van der Waals surface area contributed by atoms with E-state index in [2.05, 4.69) is 35.2 Å². The predicted molar refractivity (Wildman–Crippen MR) is 155 cm³/mol. The summed E-state index contributed by atoms with van der Waals surface area (Å²) >= 11 is 13.8. The summed E-state index contributed by atoms with van der Waals surface area (Å²) in [7, 11) is 0. The maximum absolute atomic E-state index is 11.7. The van der Waals surface area contributed by atoms with Gasteiger partial charge in [-0.25, -0.2) is 19.9 Å². The summed E-state index contributed by atoms with van der Waals surface area (Å²) in [5.74, 6) is 0.764. The van der Waals surface area contributed by atoms with E-state index in [4.69, 9.17) is 23.2 Å². The number of aryl methyl sites for hydroxylation is 4. The summed E-state index contributed by atoms with van der Waals surface area (Å²) in [6.45, 7) is 0. The average Bonchev–Trinajstić information content (AvgIpc) is 3.62. The number of rotatable bonds is 2. The molecule has 8 nitrogen and oxygen atoms in total. The number of hydrogen-bond donors (Lipinski definition) is 3. The number of aromatic nitrogens is 6. The van der Waals surface area contributed by atoms with Crippen LogP contribution in [0.2, 0.25) is 10.2 Å². The van der Waals surface area contributed by atoms with Crippen LogP contribution in [0.4, 0.5) is 11.5 Å². The normalized spacial score (nSPS) is 16.0. The molecule has 0 unspecified atom stereocenters. The fraction of sp³-hybridized carbons (Fsp3) is 0.321. The predicted octanol–water partition coefficient (Wildman–Crippen LogP) is 6.90. The third-order valence-corrected chi connectivity index (χ3v) is 9.26. The second-order valence-electron chi connectivity index (χ2n) is 10.1. The molecule has 39 heavy (non-hydrogen) atoms. The molecule has 5 heterocycles. The number of aromatic amines is 2. The largest absolute Gasteiger partial charge is 0.343 e. The Bertz CT molecular complexity index is 1760. The summed E-state index contributed by atoms with van der Waals surface area (Å²) in [4.78, 5) is 36.4. The molecule has 4 aromatic heterocycles. The van der Waals surface area contributed by atoms with Gasteiger partial charge in [0.25, 0.3) is 0 Å². The maximum Gasteiger partial charge on any atom is 0.198 e. The number of hydrogen-bond acceptors (Lipinski definition) is 7. The molecule has 0 atom stereocenters. The Morgan fingerprint density at radius 2 is 1.44 bits per heavy atom. The minimum atomic E-state index is 0.160. The zero-order chi connectivity index (χ0) is 26.5. The van der Waals surface area contributed by atoms with Gasteiger partial charge in [0.15, 0.2) is 5.12 Å². The molecule has 0 saturated heterocycles. The molecular weight excluding hydrogens is 553 g/mol. The lowest BCUT2D eigenvalue weighted by molar-refractivity contribution is -0.110. The zero-order valence-electron chi connectivity index (χ0n) is 21.0. The molecule has 0 bridgehead atoms. The number of halogens is 2. The van der Waals surface area contributed by atoms with Crippen LogP contribution >= 0.6 is 35.0 Å². The SMILES string of the molecule is Clc1ncnc2[nH]c3c(c12)CCCC3.O=C1Cc2cc(Cl)c(Nc3ncnc4[nH]c5c(c34)CCCC5)cc2S1. The third-order valence-electron chi connectivity index (χ3n) is 7.69. The number of carbonyl (C=O) groups is 1. The number of benzene rings is 1. The van der Waals surface area contributed by atoms with Gasteiger partial charge < -0.3 is 15.3 Å². The maximum atomic E-state index is 11.7. The first-order valence-electron chi connectivity index (χ1n) is 13.2. The Balaban J connectivity index is 0.000000153. The van der Waals surface area contributed by atoms with Crippen LogP contribution in [0.15, 0.2) is 29.7 Å². The van der Waals surface area contributed by atoms with E-state index in [0.29, 0.717) is 16.6 Å². The molecule has 0 saturated carbocycles. The molecule has 1 aromatic carbocycles. The molecule has 0 fully saturated rings. The van der Waals surface area contributed by atoms with Gasteiger partial charge in [-0.3, -0.25) is 4.79 Å². The summed E-state index contributed by atoms with van der Waals surface area (Å²) in [5, 5.41) is 6.79. The first-order valence-corrected chi connectivity index (χ1v) is 14.8. The number of H-pyrrole nitrogens is 2. The van der Waals surface area contributed by atoms with Gasteiger partial charge in [-0.15, -0.1) is 0 Å². The second-order valence-corrected chi connectivity index (χ2v) is 12.0. The van der Waals surface area contributed by atoms with E-state index < -0.39 is 0 Å². The highest BCUT2D eigenvalue weighted by Gasteiger charge is 2.23. The first kappa shape index (κ1) is 24.9. The standard InChI is InChI=1S/C18H15ClN4OS.C10H10ClN3/c19-11-5-9-6-15(24)25-14(9)7-13(11)23-18-16-10-3-1-2-4-12(10)22-17(16)20-8-21-18;11-9-8-6-3-1-2-4-7(6)14-10(8)13-5-12-9/h5,7-8H,1-4,6H2,(H2,20,21,22,23);5H,1-4H2,(H,12,13,14). The van der Waals surface area contributed by atoms with Gasteiger partial charge in [-0.1, -0.05) is 35.0 Å². The van der Waals surface area contributed by atoms with Gasteiger partial charge in [-0.05, 0) is 80.2 Å². The van der Waals surface area contributed by atoms with Crippen molar-refractivity contribution in [3.8, 4) is 0 Å². The molecule has 8 rings (SSSR count). The van der Waals surface area contributed by atoms with Crippen LogP contribution in [-0.4, -0.2) is 35.0 Å². The lowest BCUT2D eigenvalue weighted by Gasteiger charge is -2.13. The van der Waals surface area contributed by atoms with E-state index in [0.717, 1.165) is 69.7 Å². The van der Waals surface area contributed by atoms with Gasteiger partial charge in [0.2, 0.25) is 0 Å². The van der Waals surface area contributed by atoms with E-state index >= 15 is 0 Å². The lowest BCUT2D eigenvalue weighted by atomic mass is 9.96. The monoisotopic (exact) mass is 577 g/mol. The van der Waals surface area contributed by atoms with Crippen molar-refractivity contribution in [2.45, 2.75) is 62.7 Å². The average molecular weight is 579 g/mol. The molecule has 3 aliphatic rings. The van der Waals surface area contributed by atoms with Gasteiger partial charge in [0.05, 0.1) is 21.5 Å². The summed E-state index contributed by atoms with van der Waals surface area (Å²) in [6.07, 6.45) is 12.7. The molecule has 198 valence electrons. The van der Waals surface area contributed by atoms with Crippen molar-refractivity contribution in [3.05, 3.63) is 63.0 Å². The molecular formula is C28H25Cl2N7OS. The van der Waals surface area contributed by atoms with E-state index in [1.54, 1.807) is 6.33 Å². The Hall–Kier alpha value is -3.14. The van der Waals surface area contributed by atoms with Crippen molar-refractivity contribution in [1.29, 1.82) is 0 Å². The van der Waals surface area contributed by atoms with Crippen molar-refractivity contribution < 1.29 is 4.79 Å². The molecule has 11 heteroatoms. The summed E-state index contributed by atoms with van der Waals surface area (Å²) in [5.41, 5.74) is 8.73. The molecule has 2 aliphatic carbocycles. The Morgan fingerprint density at radius 3 is 2.18 bits per heavy atom. The van der Waals surface area contributed by atoms with Crippen molar-refractivity contribution >= 4 is 73.7 Å². The molecule has 1 aliphatic heterocycles.